The highest BCUT2D eigenvalue weighted by atomic mass is 31.1. The molecule has 0 spiro atoms. The van der Waals surface area contributed by atoms with E-state index in [2.05, 4.69) is 162 Å². The molecule has 4 aromatic rings. The molecule has 39 heavy (non-hydrogen) atoms. The predicted octanol–water partition coefficient (Wildman–Crippen LogP) is 11.2. The van der Waals surface area contributed by atoms with Crippen LogP contribution in [0.15, 0.2) is 108 Å². The molecule has 1 unspecified atom stereocenters. The summed E-state index contributed by atoms with van der Waals surface area (Å²) in [5.41, 5.74) is 13.8. The highest BCUT2D eigenvalue weighted by Gasteiger charge is 2.18. The van der Waals surface area contributed by atoms with E-state index in [0.29, 0.717) is 0 Å². The molecule has 0 fully saturated rings. The predicted molar refractivity (Wildman–Crippen MR) is 175 cm³/mol. The van der Waals surface area contributed by atoms with Crippen molar-refractivity contribution in [3.8, 4) is 11.1 Å². The fraction of sp³-hybridized carbons (Fsp3) is 0.250. The van der Waals surface area contributed by atoms with Crippen molar-refractivity contribution in [1.82, 2.24) is 0 Å². The van der Waals surface area contributed by atoms with Gasteiger partial charge in [-0.1, -0.05) is 48.9 Å². The zero-order valence-electron chi connectivity index (χ0n) is 24.8. The second kappa shape index (κ2) is 12.5. The monoisotopic (exact) mass is 533 g/mol. The van der Waals surface area contributed by atoms with Gasteiger partial charge in [0.1, 0.15) is 25.8 Å². The summed E-state index contributed by atoms with van der Waals surface area (Å²) < 4.78 is 0. The van der Waals surface area contributed by atoms with Crippen LogP contribution in [-0.4, -0.2) is 7.05 Å². The van der Waals surface area contributed by atoms with Crippen molar-refractivity contribution in [2.45, 2.75) is 48.0 Å². The largest absolute Gasteiger partial charge is 0.342 e. The lowest BCUT2D eigenvalue weighted by atomic mass is 10.0. The van der Waals surface area contributed by atoms with Crippen molar-refractivity contribution in [2.75, 3.05) is 16.8 Å². The molecule has 4 rings (SSSR count). The normalized spacial score (nSPS) is 12.5. The Balaban J connectivity index is 1.86. The molecule has 0 aliphatic heterocycles. The Morgan fingerprint density at radius 3 is 2.00 bits per heavy atom. The number of benzene rings is 3. The molecule has 0 saturated carbocycles. The van der Waals surface area contributed by atoms with Crippen molar-refractivity contribution in [3.63, 3.8) is 0 Å². The van der Waals surface area contributed by atoms with E-state index >= 15 is 0 Å². The quantitative estimate of drug-likeness (QED) is 0.208. The standard InChI is InChI=1S/C36H42N2P/c1-9-26(3)18-32(10-2)38(34-16-12-14-28(5)20-34)35-21-29(6)17-30(22-35)31-23-36(25-39(8)24-31)37(7)33-15-11-13-27(4)19-33/h9,11-25H,10H2,1-8H3/q+1/b26-9-,32-18+. The molecule has 0 N–H and O–H groups in total. The molecule has 1 aromatic heterocycles. The summed E-state index contributed by atoms with van der Waals surface area (Å²) in [6.07, 6.45) is 5.43. The van der Waals surface area contributed by atoms with Gasteiger partial charge in [-0.15, -0.1) is 0 Å². The zero-order valence-corrected chi connectivity index (χ0v) is 25.7. The molecule has 200 valence electrons. The summed E-state index contributed by atoms with van der Waals surface area (Å²) in [5.74, 6) is 4.85. The van der Waals surface area contributed by atoms with E-state index in [4.69, 9.17) is 0 Å². The summed E-state index contributed by atoms with van der Waals surface area (Å²) in [6, 6.07) is 26.9. The van der Waals surface area contributed by atoms with Gasteiger partial charge in [-0.3, -0.25) is 0 Å². The van der Waals surface area contributed by atoms with Crippen LogP contribution in [0.4, 0.5) is 22.7 Å². The molecule has 0 bridgehead atoms. The number of allylic oxidation sites excluding steroid dienone is 4. The minimum Gasteiger partial charge on any atom is -0.342 e. The minimum absolute atomic E-state index is 0.366. The second-order valence-electron chi connectivity index (χ2n) is 10.6. The number of anilines is 4. The molecular formula is C36H42N2P+. The Hall–Kier alpha value is -3.61. The van der Waals surface area contributed by atoms with Gasteiger partial charge < -0.3 is 9.80 Å². The molecular weight excluding hydrogens is 491 g/mol. The van der Waals surface area contributed by atoms with E-state index in [1.165, 1.54) is 61.8 Å². The third kappa shape index (κ3) is 6.88. The van der Waals surface area contributed by atoms with Gasteiger partial charge in [-0.25, -0.2) is 0 Å². The van der Waals surface area contributed by atoms with Crippen molar-refractivity contribution in [2.24, 2.45) is 6.66 Å². The average molecular weight is 534 g/mol. The molecule has 0 radical (unpaired) electrons. The maximum absolute atomic E-state index is 2.44. The van der Waals surface area contributed by atoms with E-state index in [1.807, 2.05) is 0 Å². The van der Waals surface area contributed by atoms with Gasteiger partial charge in [0.25, 0.3) is 0 Å². The lowest BCUT2D eigenvalue weighted by molar-refractivity contribution is 1.01. The Morgan fingerprint density at radius 2 is 1.36 bits per heavy atom. The van der Waals surface area contributed by atoms with Crippen LogP contribution < -0.4 is 9.80 Å². The second-order valence-corrected chi connectivity index (χ2v) is 12.4. The van der Waals surface area contributed by atoms with Crippen molar-refractivity contribution in [1.29, 1.82) is 0 Å². The van der Waals surface area contributed by atoms with Crippen LogP contribution in [0.3, 0.4) is 0 Å². The van der Waals surface area contributed by atoms with Gasteiger partial charge in [-0.05, 0) is 112 Å². The van der Waals surface area contributed by atoms with Crippen LogP contribution in [0, 0.1) is 20.8 Å². The molecule has 3 heteroatoms. The molecule has 0 aliphatic carbocycles. The topological polar surface area (TPSA) is 6.48 Å². The van der Waals surface area contributed by atoms with Gasteiger partial charge >= 0.3 is 0 Å². The first-order valence-electron chi connectivity index (χ1n) is 13.8. The van der Waals surface area contributed by atoms with Crippen LogP contribution >= 0.6 is 7.53 Å². The van der Waals surface area contributed by atoms with Crippen LogP contribution in [-0.2, 0) is 6.66 Å². The van der Waals surface area contributed by atoms with E-state index in [1.54, 1.807) is 0 Å². The smallest absolute Gasteiger partial charge is 0.136 e. The lowest BCUT2D eigenvalue weighted by Gasteiger charge is -2.29. The summed E-state index contributed by atoms with van der Waals surface area (Å²) in [5, 5.41) is 0. The van der Waals surface area contributed by atoms with Crippen molar-refractivity contribution < 1.29 is 0 Å². The fourth-order valence-electron chi connectivity index (χ4n) is 5.00. The number of rotatable bonds is 8. The third-order valence-electron chi connectivity index (χ3n) is 7.17. The summed E-state index contributed by atoms with van der Waals surface area (Å²) in [6.45, 7) is 15.4. The Kier molecular flexibility index (Phi) is 9.10. The lowest BCUT2D eigenvalue weighted by Crippen LogP contribution is -2.16. The van der Waals surface area contributed by atoms with Gasteiger partial charge in [0.05, 0.1) is 5.69 Å². The van der Waals surface area contributed by atoms with Crippen LogP contribution in [0.1, 0.15) is 43.9 Å². The Morgan fingerprint density at radius 1 is 0.744 bits per heavy atom. The number of hydrogen-bond acceptors (Lipinski definition) is 2. The molecule has 2 nitrogen and oxygen atoms in total. The van der Waals surface area contributed by atoms with Crippen LogP contribution in [0.2, 0.25) is 0 Å². The number of aryl methyl sites for hydroxylation is 4. The molecule has 1 atom stereocenters. The van der Waals surface area contributed by atoms with Gasteiger partial charge in [0.15, 0.2) is 0 Å². The fourth-order valence-corrected chi connectivity index (χ4v) is 6.41. The minimum atomic E-state index is -0.366. The highest BCUT2D eigenvalue weighted by molar-refractivity contribution is 7.46. The molecule has 0 amide bonds. The maximum atomic E-state index is 2.44. The van der Waals surface area contributed by atoms with E-state index in [-0.39, 0.29) is 7.53 Å². The Bertz CT molecular complexity index is 1530. The van der Waals surface area contributed by atoms with Crippen LogP contribution in [0.25, 0.3) is 11.1 Å². The zero-order chi connectivity index (χ0) is 28.1. The average Bonchev–Trinajstić information content (AvgIpc) is 2.91. The molecule has 1 heterocycles. The van der Waals surface area contributed by atoms with Crippen LogP contribution in [0.5, 0.6) is 0 Å². The number of nitrogens with zero attached hydrogens (tertiary/aromatic N) is 2. The number of hydrogen-bond donors (Lipinski definition) is 0. The van der Waals surface area contributed by atoms with Gasteiger partial charge in [0, 0.05) is 35.4 Å². The SMILES string of the molecule is C/C=C(C)\C=C(/CC)N(c1cccc(C)c1)c1cc(C)cc(-c2cc(N(C)c3cccc(C)c3)c[p+](C)c2)c1. The Labute approximate surface area is 237 Å². The first kappa shape index (κ1) is 28.4. The maximum Gasteiger partial charge on any atom is 0.136 e. The first-order chi connectivity index (χ1) is 18.7. The molecule has 0 saturated heterocycles. The van der Waals surface area contributed by atoms with E-state index in [0.717, 1.165) is 6.42 Å². The summed E-state index contributed by atoms with van der Waals surface area (Å²) >= 11 is 0. The van der Waals surface area contributed by atoms with Gasteiger partial charge in [0.2, 0.25) is 0 Å². The highest BCUT2D eigenvalue weighted by Crippen LogP contribution is 2.40. The summed E-state index contributed by atoms with van der Waals surface area (Å²) in [7, 11) is 1.81. The van der Waals surface area contributed by atoms with Crippen molar-refractivity contribution >= 4 is 30.3 Å². The summed E-state index contributed by atoms with van der Waals surface area (Å²) in [4.78, 5) is 4.75. The molecule has 0 aliphatic rings. The van der Waals surface area contributed by atoms with Crippen molar-refractivity contribution in [3.05, 3.63) is 125 Å². The van der Waals surface area contributed by atoms with E-state index < -0.39 is 0 Å². The first-order valence-corrected chi connectivity index (χ1v) is 15.7. The van der Waals surface area contributed by atoms with E-state index in [9.17, 15) is 0 Å². The third-order valence-corrected chi connectivity index (χ3v) is 8.53. The molecule has 3 aromatic carbocycles. The van der Waals surface area contributed by atoms with Gasteiger partial charge in [-0.2, -0.15) is 0 Å².